The first kappa shape index (κ1) is 14.0. The fraction of sp³-hybridized carbons (Fsp3) is 0.385. The lowest BCUT2D eigenvalue weighted by molar-refractivity contribution is -0.114. The van der Waals surface area contributed by atoms with Crippen LogP contribution in [0.5, 0.6) is 0 Å². The molecule has 1 aliphatic heterocycles. The van der Waals surface area contributed by atoms with E-state index >= 15 is 0 Å². The number of rotatable bonds is 5. The van der Waals surface area contributed by atoms with E-state index in [1.165, 1.54) is 12.1 Å². The number of hydrogen-bond acceptors (Lipinski definition) is 3. The molecule has 0 saturated heterocycles. The maximum absolute atomic E-state index is 13.8. The van der Waals surface area contributed by atoms with E-state index in [2.05, 4.69) is 5.32 Å². The van der Waals surface area contributed by atoms with E-state index < -0.39 is 17.5 Å². The van der Waals surface area contributed by atoms with Crippen molar-refractivity contribution in [2.45, 2.75) is 13.3 Å². The molecule has 0 atom stereocenters. The second-order valence-electron chi connectivity index (χ2n) is 4.29. The van der Waals surface area contributed by atoms with Gasteiger partial charge in [-0.05, 0) is 25.1 Å². The number of halogens is 2. The van der Waals surface area contributed by atoms with Gasteiger partial charge in [0.1, 0.15) is 5.82 Å². The number of nitrogens with one attached hydrogen (secondary N) is 1. The molecular formula is C13H14ClFN2O2. The zero-order valence-electron chi connectivity index (χ0n) is 10.5. The molecule has 102 valence electrons. The number of nitrogens with zero attached hydrogens (tertiary/aromatic N) is 1. The molecule has 4 nitrogen and oxygen atoms in total. The Morgan fingerprint density at radius 3 is 2.74 bits per heavy atom. The van der Waals surface area contributed by atoms with E-state index in [0.717, 1.165) is 17.9 Å². The van der Waals surface area contributed by atoms with E-state index in [1.54, 1.807) is 0 Å². The SMILES string of the molecule is CCCNCCN1C(=O)C(=O)c2c(Cl)ccc(F)c21. The maximum Gasteiger partial charge on any atom is 0.299 e. The van der Waals surface area contributed by atoms with Crippen LogP contribution in [0.1, 0.15) is 23.7 Å². The first-order valence-electron chi connectivity index (χ1n) is 6.12. The Labute approximate surface area is 115 Å². The van der Waals surface area contributed by atoms with E-state index in [1.807, 2.05) is 6.92 Å². The molecule has 0 unspecified atom stereocenters. The highest BCUT2D eigenvalue weighted by molar-refractivity contribution is 6.55. The summed E-state index contributed by atoms with van der Waals surface area (Å²) >= 11 is 5.87. The molecule has 1 heterocycles. The van der Waals surface area contributed by atoms with Crippen LogP contribution < -0.4 is 10.2 Å². The van der Waals surface area contributed by atoms with Gasteiger partial charge < -0.3 is 10.2 Å². The van der Waals surface area contributed by atoms with E-state index in [4.69, 9.17) is 11.6 Å². The van der Waals surface area contributed by atoms with Crippen LogP contribution in [0, 0.1) is 5.82 Å². The van der Waals surface area contributed by atoms with Gasteiger partial charge in [-0.25, -0.2) is 4.39 Å². The lowest BCUT2D eigenvalue weighted by Crippen LogP contribution is -2.36. The number of ketones is 1. The lowest BCUT2D eigenvalue weighted by atomic mass is 10.1. The summed E-state index contributed by atoms with van der Waals surface area (Å²) in [6.45, 7) is 3.57. The molecule has 0 aromatic heterocycles. The van der Waals surface area contributed by atoms with Crippen LogP contribution in [-0.2, 0) is 4.79 Å². The van der Waals surface area contributed by atoms with Crippen molar-refractivity contribution in [3.8, 4) is 0 Å². The van der Waals surface area contributed by atoms with Crippen molar-refractivity contribution < 1.29 is 14.0 Å². The second kappa shape index (κ2) is 5.67. The first-order chi connectivity index (χ1) is 9.07. The fourth-order valence-corrected chi connectivity index (χ4v) is 2.30. The Bertz CT molecular complexity index is 534. The smallest absolute Gasteiger partial charge is 0.299 e. The molecule has 0 saturated carbocycles. The molecule has 1 aromatic carbocycles. The molecule has 0 spiro atoms. The average molecular weight is 285 g/mol. The molecule has 0 fully saturated rings. The highest BCUT2D eigenvalue weighted by Gasteiger charge is 2.39. The van der Waals surface area contributed by atoms with Crippen LogP contribution in [0.3, 0.4) is 0 Å². The molecule has 2 rings (SSSR count). The molecule has 1 amide bonds. The zero-order valence-corrected chi connectivity index (χ0v) is 11.3. The number of Topliss-reactive ketones (excluding diaryl/α,β-unsaturated/α-hetero) is 1. The van der Waals surface area contributed by atoms with Gasteiger partial charge in [-0.3, -0.25) is 9.59 Å². The molecule has 0 radical (unpaired) electrons. The van der Waals surface area contributed by atoms with E-state index in [0.29, 0.717) is 6.54 Å². The molecular weight excluding hydrogens is 271 g/mol. The predicted octanol–water partition coefficient (Wildman–Crippen LogP) is 2.01. The van der Waals surface area contributed by atoms with Gasteiger partial charge in [0.05, 0.1) is 16.3 Å². The van der Waals surface area contributed by atoms with Crippen molar-refractivity contribution in [3.63, 3.8) is 0 Å². The summed E-state index contributed by atoms with van der Waals surface area (Å²) in [5, 5.41) is 3.21. The normalized spacial score (nSPS) is 14.2. The summed E-state index contributed by atoms with van der Waals surface area (Å²) < 4.78 is 13.8. The third-order valence-electron chi connectivity index (χ3n) is 2.95. The quantitative estimate of drug-likeness (QED) is 0.665. The summed E-state index contributed by atoms with van der Waals surface area (Å²) in [6.07, 6.45) is 0.962. The molecule has 1 aromatic rings. The van der Waals surface area contributed by atoms with Crippen molar-refractivity contribution in [2.75, 3.05) is 24.5 Å². The van der Waals surface area contributed by atoms with Crippen molar-refractivity contribution in [2.24, 2.45) is 0 Å². The van der Waals surface area contributed by atoms with Crippen LogP contribution in [-0.4, -0.2) is 31.3 Å². The van der Waals surface area contributed by atoms with Crippen molar-refractivity contribution >= 4 is 29.0 Å². The molecule has 0 aliphatic carbocycles. The number of anilines is 1. The first-order valence-corrected chi connectivity index (χ1v) is 6.50. The van der Waals surface area contributed by atoms with Crippen LogP contribution in [0.4, 0.5) is 10.1 Å². The Kier molecular flexibility index (Phi) is 4.17. The highest BCUT2D eigenvalue weighted by Crippen LogP contribution is 2.36. The van der Waals surface area contributed by atoms with Crippen molar-refractivity contribution in [3.05, 3.63) is 28.5 Å². The zero-order chi connectivity index (χ0) is 14.0. The molecule has 0 bridgehead atoms. The minimum atomic E-state index is -0.741. The minimum Gasteiger partial charge on any atom is -0.315 e. The van der Waals surface area contributed by atoms with Gasteiger partial charge in [0.15, 0.2) is 0 Å². The highest BCUT2D eigenvalue weighted by atomic mass is 35.5. The number of hydrogen-bond donors (Lipinski definition) is 1. The van der Waals surface area contributed by atoms with E-state index in [9.17, 15) is 14.0 Å². The van der Waals surface area contributed by atoms with Crippen LogP contribution in [0.15, 0.2) is 12.1 Å². The standard InChI is InChI=1S/C13H14ClFN2O2/c1-2-5-16-6-7-17-11-9(15)4-3-8(14)10(11)12(18)13(17)19/h3-4,16H,2,5-7H2,1H3. The summed E-state index contributed by atoms with van der Waals surface area (Å²) in [6, 6.07) is 2.46. The molecule has 19 heavy (non-hydrogen) atoms. The summed E-state index contributed by atoms with van der Waals surface area (Å²) in [4.78, 5) is 24.8. The van der Waals surface area contributed by atoms with Gasteiger partial charge >= 0.3 is 0 Å². The Hall–Kier alpha value is -1.46. The third-order valence-corrected chi connectivity index (χ3v) is 3.27. The monoisotopic (exact) mass is 284 g/mol. The van der Waals surface area contributed by atoms with Gasteiger partial charge in [0.25, 0.3) is 11.7 Å². The summed E-state index contributed by atoms with van der Waals surface area (Å²) in [7, 11) is 0. The number of carbonyl (C=O) groups is 2. The Morgan fingerprint density at radius 2 is 2.05 bits per heavy atom. The maximum atomic E-state index is 13.8. The van der Waals surface area contributed by atoms with Gasteiger partial charge in [-0.2, -0.15) is 0 Å². The fourth-order valence-electron chi connectivity index (χ4n) is 2.06. The van der Waals surface area contributed by atoms with Crippen molar-refractivity contribution in [1.29, 1.82) is 0 Å². The molecule has 6 heteroatoms. The number of amides is 1. The Balaban J connectivity index is 2.26. The number of carbonyl (C=O) groups excluding carboxylic acids is 2. The number of benzene rings is 1. The molecule has 1 aliphatic rings. The number of fused-ring (bicyclic) bond motifs is 1. The minimum absolute atomic E-state index is 0.000739. The lowest BCUT2D eigenvalue weighted by Gasteiger charge is -2.17. The Morgan fingerprint density at radius 1 is 1.32 bits per heavy atom. The third kappa shape index (κ3) is 2.48. The average Bonchev–Trinajstić information content (AvgIpc) is 2.65. The van der Waals surface area contributed by atoms with Gasteiger partial charge in [0.2, 0.25) is 0 Å². The van der Waals surface area contributed by atoms with E-state index in [-0.39, 0.29) is 22.8 Å². The van der Waals surface area contributed by atoms with Crippen LogP contribution in [0.25, 0.3) is 0 Å². The van der Waals surface area contributed by atoms with Gasteiger partial charge in [-0.1, -0.05) is 18.5 Å². The van der Waals surface area contributed by atoms with Crippen LogP contribution in [0.2, 0.25) is 5.02 Å². The summed E-state index contributed by atoms with van der Waals surface area (Å²) in [5.74, 6) is -2.07. The van der Waals surface area contributed by atoms with Gasteiger partial charge in [0, 0.05) is 13.1 Å². The summed E-state index contributed by atoms with van der Waals surface area (Å²) in [5.41, 5.74) is -0.0250. The second-order valence-corrected chi connectivity index (χ2v) is 4.70. The largest absolute Gasteiger partial charge is 0.315 e. The van der Waals surface area contributed by atoms with Crippen LogP contribution >= 0.6 is 11.6 Å². The predicted molar refractivity (Wildman–Crippen MR) is 71.3 cm³/mol. The molecule has 1 N–H and O–H groups in total. The topological polar surface area (TPSA) is 49.4 Å². The van der Waals surface area contributed by atoms with Crippen molar-refractivity contribution in [1.82, 2.24) is 5.32 Å². The van der Waals surface area contributed by atoms with Gasteiger partial charge in [-0.15, -0.1) is 0 Å².